The van der Waals surface area contributed by atoms with Crippen LogP contribution in [0, 0.1) is 16.0 Å². The Morgan fingerprint density at radius 1 is 1.33 bits per heavy atom. The summed E-state index contributed by atoms with van der Waals surface area (Å²) in [6.45, 7) is 13.8. The first-order chi connectivity index (χ1) is 12.6. The Hall–Kier alpha value is -1.93. The lowest BCUT2D eigenvalue weighted by molar-refractivity contribution is -0.384. The number of nitro groups is 1. The van der Waals surface area contributed by atoms with E-state index in [2.05, 4.69) is 49.0 Å². The Balaban J connectivity index is 1.67. The SMILES string of the molecule is CC(C)(C)[Si](C)(C)OCC1CCN(c2cc3[nH]ncc3cc2[N+](=O)[O-])CC1. The van der Waals surface area contributed by atoms with Gasteiger partial charge < -0.3 is 9.33 Å². The lowest BCUT2D eigenvalue weighted by Gasteiger charge is -2.39. The van der Waals surface area contributed by atoms with Gasteiger partial charge >= 0.3 is 0 Å². The van der Waals surface area contributed by atoms with Crippen LogP contribution >= 0.6 is 0 Å². The molecule has 1 fully saturated rings. The quantitative estimate of drug-likeness (QED) is 0.454. The molecule has 148 valence electrons. The van der Waals surface area contributed by atoms with Crippen LogP contribution in [0.3, 0.4) is 0 Å². The van der Waals surface area contributed by atoms with Crippen LogP contribution in [0.25, 0.3) is 10.9 Å². The lowest BCUT2D eigenvalue weighted by atomic mass is 9.97. The Labute approximate surface area is 161 Å². The molecule has 1 aromatic carbocycles. The number of anilines is 1. The van der Waals surface area contributed by atoms with Crippen LogP contribution in [0.15, 0.2) is 18.3 Å². The van der Waals surface area contributed by atoms with Gasteiger partial charge in [-0.25, -0.2) is 0 Å². The summed E-state index contributed by atoms with van der Waals surface area (Å²) in [5, 5.41) is 19.4. The third-order valence-electron chi connectivity index (χ3n) is 6.17. The number of piperidine rings is 1. The van der Waals surface area contributed by atoms with Crippen molar-refractivity contribution in [3.05, 3.63) is 28.4 Å². The molecule has 0 saturated carbocycles. The summed E-state index contributed by atoms with van der Waals surface area (Å²) in [6.07, 6.45) is 3.61. The van der Waals surface area contributed by atoms with Gasteiger partial charge in [-0.1, -0.05) is 20.8 Å². The third kappa shape index (κ3) is 4.16. The zero-order valence-electron chi connectivity index (χ0n) is 16.9. The summed E-state index contributed by atoms with van der Waals surface area (Å²) in [5.74, 6) is 0.519. The zero-order chi connectivity index (χ0) is 19.8. The smallest absolute Gasteiger partial charge is 0.293 e. The summed E-state index contributed by atoms with van der Waals surface area (Å²) >= 11 is 0. The minimum absolute atomic E-state index is 0.153. The number of rotatable bonds is 5. The molecule has 0 radical (unpaired) electrons. The average Bonchev–Trinajstić information content (AvgIpc) is 3.06. The van der Waals surface area contributed by atoms with Gasteiger partial charge in [-0.2, -0.15) is 5.10 Å². The van der Waals surface area contributed by atoms with Crippen LogP contribution in [0.1, 0.15) is 33.6 Å². The van der Waals surface area contributed by atoms with E-state index in [0.29, 0.717) is 11.6 Å². The standard InChI is InChI=1S/C19H30N4O3Si/c1-19(2,3)27(4,5)26-13-14-6-8-22(9-7-14)17-11-16-15(12-20-21-16)10-18(17)23(24)25/h10-12,14H,6-9,13H2,1-5H3,(H,20,21). The molecular formula is C19H30N4O3Si. The topological polar surface area (TPSA) is 84.3 Å². The van der Waals surface area contributed by atoms with Crippen LogP contribution in [0.2, 0.25) is 18.1 Å². The van der Waals surface area contributed by atoms with Crippen LogP contribution in [0.4, 0.5) is 11.4 Å². The highest BCUT2D eigenvalue weighted by atomic mass is 28.4. The first kappa shape index (κ1) is 19.8. The fourth-order valence-electron chi connectivity index (χ4n) is 3.25. The molecule has 8 heteroatoms. The van der Waals surface area contributed by atoms with E-state index in [4.69, 9.17) is 4.43 Å². The molecule has 2 heterocycles. The van der Waals surface area contributed by atoms with Crippen molar-refractivity contribution in [3.8, 4) is 0 Å². The number of aromatic amines is 1. The lowest BCUT2D eigenvalue weighted by Crippen LogP contribution is -2.43. The van der Waals surface area contributed by atoms with Gasteiger partial charge in [0.05, 0.1) is 16.6 Å². The molecule has 3 rings (SSSR count). The molecule has 0 bridgehead atoms. The molecule has 7 nitrogen and oxygen atoms in total. The molecular weight excluding hydrogens is 360 g/mol. The van der Waals surface area contributed by atoms with Crippen molar-refractivity contribution in [3.63, 3.8) is 0 Å². The van der Waals surface area contributed by atoms with Gasteiger partial charge in [-0.3, -0.25) is 15.2 Å². The van der Waals surface area contributed by atoms with Crippen molar-refractivity contribution in [2.24, 2.45) is 5.92 Å². The average molecular weight is 391 g/mol. The third-order valence-corrected chi connectivity index (χ3v) is 10.7. The van der Waals surface area contributed by atoms with Crippen LogP contribution in [0.5, 0.6) is 0 Å². The molecule has 1 aliphatic heterocycles. The van der Waals surface area contributed by atoms with Crippen LogP contribution in [-0.4, -0.2) is 43.1 Å². The normalized spacial score (nSPS) is 16.9. The second-order valence-electron chi connectivity index (χ2n) is 9.06. The molecule has 0 amide bonds. The minimum Gasteiger partial charge on any atom is -0.417 e. The van der Waals surface area contributed by atoms with Crippen molar-refractivity contribution >= 4 is 30.6 Å². The van der Waals surface area contributed by atoms with Gasteiger partial charge in [-0.05, 0) is 43.0 Å². The number of nitrogens with one attached hydrogen (secondary N) is 1. The van der Waals surface area contributed by atoms with Gasteiger partial charge in [0.15, 0.2) is 8.32 Å². The molecule has 0 atom stereocenters. The maximum absolute atomic E-state index is 11.5. The first-order valence-electron chi connectivity index (χ1n) is 9.59. The second-order valence-corrected chi connectivity index (χ2v) is 13.9. The van der Waals surface area contributed by atoms with Crippen molar-refractivity contribution in [2.75, 3.05) is 24.6 Å². The number of fused-ring (bicyclic) bond motifs is 1. The van der Waals surface area contributed by atoms with Crippen molar-refractivity contribution in [1.82, 2.24) is 10.2 Å². The molecule has 2 aromatic rings. The molecule has 1 aromatic heterocycles. The van der Waals surface area contributed by atoms with Crippen LogP contribution in [-0.2, 0) is 4.43 Å². The summed E-state index contributed by atoms with van der Waals surface area (Å²) in [6, 6.07) is 3.47. The molecule has 27 heavy (non-hydrogen) atoms. The van der Waals surface area contributed by atoms with E-state index in [-0.39, 0.29) is 15.6 Å². The van der Waals surface area contributed by atoms with E-state index in [0.717, 1.165) is 43.4 Å². The number of H-pyrrole nitrogens is 1. The molecule has 1 aliphatic rings. The van der Waals surface area contributed by atoms with Gasteiger partial charge in [0.25, 0.3) is 5.69 Å². The number of nitro benzene ring substituents is 1. The minimum atomic E-state index is -1.73. The fraction of sp³-hybridized carbons (Fsp3) is 0.632. The maximum atomic E-state index is 11.5. The highest BCUT2D eigenvalue weighted by molar-refractivity contribution is 6.74. The summed E-state index contributed by atoms with van der Waals surface area (Å²) in [4.78, 5) is 13.4. The molecule has 1 N–H and O–H groups in total. The predicted molar refractivity (Wildman–Crippen MR) is 111 cm³/mol. The number of nitrogens with zero attached hydrogens (tertiary/aromatic N) is 3. The van der Waals surface area contributed by atoms with Crippen molar-refractivity contribution in [1.29, 1.82) is 0 Å². The molecule has 0 spiro atoms. The zero-order valence-corrected chi connectivity index (χ0v) is 17.9. The van der Waals surface area contributed by atoms with Gasteiger partial charge in [0, 0.05) is 31.1 Å². The van der Waals surface area contributed by atoms with E-state index in [1.807, 2.05) is 6.07 Å². The first-order valence-corrected chi connectivity index (χ1v) is 12.5. The monoisotopic (exact) mass is 390 g/mol. The highest BCUT2D eigenvalue weighted by Gasteiger charge is 2.38. The number of hydrogen-bond acceptors (Lipinski definition) is 5. The number of hydrogen-bond donors (Lipinski definition) is 1. The Morgan fingerprint density at radius 2 is 2.00 bits per heavy atom. The van der Waals surface area contributed by atoms with E-state index in [1.165, 1.54) is 0 Å². The van der Waals surface area contributed by atoms with Gasteiger partial charge in [-0.15, -0.1) is 0 Å². The largest absolute Gasteiger partial charge is 0.417 e. The summed E-state index contributed by atoms with van der Waals surface area (Å²) in [7, 11) is -1.73. The van der Waals surface area contributed by atoms with Gasteiger partial charge in [0.1, 0.15) is 5.69 Å². The summed E-state index contributed by atoms with van der Waals surface area (Å²) in [5.41, 5.74) is 1.67. The van der Waals surface area contributed by atoms with Crippen molar-refractivity contribution in [2.45, 2.75) is 51.7 Å². The van der Waals surface area contributed by atoms with E-state index >= 15 is 0 Å². The Kier molecular flexibility index (Phi) is 5.31. The van der Waals surface area contributed by atoms with E-state index in [9.17, 15) is 10.1 Å². The number of benzene rings is 1. The molecule has 0 unspecified atom stereocenters. The number of aromatic nitrogens is 2. The second kappa shape index (κ2) is 7.24. The predicted octanol–water partition coefficient (Wildman–Crippen LogP) is 4.71. The van der Waals surface area contributed by atoms with Crippen molar-refractivity contribution < 1.29 is 9.35 Å². The van der Waals surface area contributed by atoms with E-state index in [1.54, 1.807) is 12.3 Å². The fourth-order valence-corrected chi connectivity index (χ4v) is 4.34. The Bertz CT molecular complexity index is 820. The van der Waals surface area contributed by atoms with E-state index < -0.39 is 8.32 Å². The highest BCUT2D eigenvalue weighted by Crippen LogP contribution is 2.38. The van der Waals surface area contributed by atoms with Gasteiger partial charge in [0.2, 0.25) is 0 Å². The summed E-state index contributed by atoms with van der Waals surface area (Å²) < 4.78 is 6.38. The maximum Gasteiger partial charge on any atom is 0.293 e. The Morgan fingerprint density at radius 3 is 2.59 bits per heavy atom. The molecule has 1 saturated heterocycles. The van der Waals surface area contributed by atoms with Crippen LogP contribution < -0.4 is 4.90 Å². The molecule has 0 aliphatic carbocycles.